The van der Waals surface area contributed by atoms with Crippen molar-refractivity contribution < 1.29 is 35.7 Å². The van der Waals surface area contributed by atoms with Crippen molar-refractivity contribution in [1.29, 1.82) is 0 Å². The fourth-order valence-electron chi connectivity index (χ4n) is 3.08. The Morgan fingerprint density at radius 1 is 1.25 bits per heavy atom. The van der Waals surface area contributed by atoms with Gasteiger partial charge in [-0.2, -0.15) is 26.7 Å². The molecular formula is C23H25F3N4O5S. The average Bonchev–Trinajstić information content (AvgIpc) is 3.05. The second kappa shape index (κ2) is 10.3. The van der Waals surface area contributed by atoms with E-state index in [0.717, 1.165) is 23.9 Å². The molecule has 0 saturated carbocycles. The molecule has 2 unspecified atom stereocenters. The van der Waals surface area contributed by atoms with Crippen LogP contribution in [0, 0.1) is 12.8 Å². The number of alkyl halides is 3. The monoisotopic (exact) mass is 526 g/mol. The van der Waals surface area contributed by atoms with E-state index >= 15 is 0 Å². The van der Waals surface area contributed by atoms with Crippen molar-refractivity contribution in [3.8, 4) is 0 Å². The van der Waals surface area contributed by atoms with Gasteiger partial charge in [0.05, 0.1) is 23.3 Å². The van der Waals surface area contributed by atoms with E-state index in [9.17, 15) is 31.5 Å². The molecular weight excluding hydrogens is 501 g/mol. The number of carbonyl (C=O) groups is 1. The first-order chi connectivity index (χ1) is 16.7. The molecule has 2 atom stereocenters. The standard InChI is InChI=1S/C23H25F3N4O5S/c1-15-4-3-5-17(9-6-15)30-20(27)19(12-29-30)21(31)28-13-22(32,23(24,25)26)14-35-36(33,34)18-10-7-16(2)8-11-18/h3-12,15,32H,13-14,27H2,1-2H3,(H,28,31). The molecule has 0 bridgehead atoms. The number of nitrogen functional groups attached to an aromatic ring is 1. The van der Waals surface area contributed by atoms with Gasteiger partial charge >= 0.3 is 6.18 Å². The largest absolute Gasteiger partial charge is 0.421 e. The number of rotatable bonds is 8. The SMILES string of the molecule is Cc1ccc(S(=O)(=O)OCC(O)(CNC(=O)c2cnn(C3=CC=CC(C)C=C3)c2N)C(F)(F)F)cc1. The number of anilines is 1. The number of allylic oxidation sites excluding steroid dienone is 6. The third-order valence-corrected chi connectivity index (χ3v) is 6.66. The molecule has 0 saturated heterocycles. The van der Waals surface area contributed by atoms with Crippen molar-refractivity contribution in [2.24, 2.45) is 5.92 Å². The van der Waals surface area contributed by atoms with Crippen LogP contribution >= 0.6 is 0 Å². The maximum absolute atomic E-state index is 13.6. The van der Waals surface area contributed by atoms with E-state index in [1.54, 1.807) is 25.2 Å². The van der Waals surface area contributed by atoms with Crippen molar-refractivity contribution in [3.63, 3.8) is 0 Å². The fourth-order valence-corrected chi connectivity index (χ4v) is 4.04. The maximum atomic E-state index is 13.6. The Balaban J connectivity index is 1.74. The minimum atomic E-state index is -5.34. The first kappa shape index (κ1) is 27.2. The van der Waals surface area contributed by atoms with Crippen LogP contribution in [0.4, 0.5) is 19.0 Å². The number of hydrogen-bond acceptors (Lipinski definition) is 7. The molecule has 0 aliphatic heterocycles. The van der Waals surface area contributed by atoms with Crippen molar-refractivity contribution >= 4 is 27.5 Å². The summed E-state index contributed by atoms with van der Waals surface area (Å²) in [6.07, 6.45) is 4.71. The predicted octanol–water partition coefficient (Wildman–Crippen LogP) is 2.81. The fraction of sp³-hybridized carbons (Fsp3) is 0.304. The van der Waals surface area contributed by atoms with Crippen LogP contribution in [0.5, 0.6) is 0 Å². The van der Waals surface area contributed by atoms with Crippen LogP contribution < -0.4 is 11.1 Å². The molecule has 36 heavy (non-hydrogen) atoms. The van der Waals surface area contributed by atoms with Gasteiger partial charge in [0.25, 0.3) is 16.0 Å². The van der Waals surface area contributed by atoms with Gasteiger partial charge in [-0.05, 0) is 37.1 Å². The number of aromatic nitrogens is 2. The Morgan fingerprint density at radius 3 is 2.56 bits per heavy atom. The van der Waals surface area contributed by atoms with Crippen LogP contribution in [-0.4, -0.2) is 54.1 Å². The molecule has 0 spiro atoms. The zero-order chi connectivity index (χ0) is 26.7. The number of aliphatic hydroxyl groups is 1. The molecule has 9 nitrogen and oxygen atoms in total. The Labute approximate surface area is 205 Å². The van der Waals surface area contributed by atoms with E-state index in [1.165, 1.54) is 16.8 Å². The lowest BCUT2D eigenvalue weighted by Gasteiger charge is -2.30. The molecule has 1 aromatic carbocycles. The quantitative estimate of drug-likeness (QED) is 0.450. The average molecular weight is 527 g/mol. The lowest BCUT2D eigenvalue weighted by Crippen LogP contribution is -2.57. The molecule has 1 aliphatic carbocycles. The molecule has 0 fully saturated rings. The second-order valence-electron chi connectivity index (χ2n) is 8.29. The second-order valence-corrected chi connectivity index (χ2v) is 9.91. The van der Waals surface area contributed by atoms with E-state index in [-0.39, 0.29) is 22.2 Å². The van der Waals surface area contributed by atoms with Crippen molar-refractivity contribution in [1.82, 2.24) is 15.1 Å². The van der Waals surface area contributed by atoms with E-state index in [0.29, 0.717) is 5.70 Å². The number of aryl methyl sites for hydroxylation is 1. The molecule has 1 aliphatic rings. The molecule has 1 aromatic heterocycles. The van der Waals surface area contributed by atoms with Crippen molar-refractivity contribution in [3.05, 3.63) is 72.0 Å². The van der Waals surface area contributed by atoms with Crippen LogP contribution in [0.1, 0.15) is 22.8 Å². The van der Waals surface area contributed by atoms with Crippen LogP contribution in [0.15, 0.2) is 65.7 Å². The first-order valence-electron chi connectivity index (χ1n) is 10.7. The minimum absolute atomic E-state index is 0.139. The van der Waals surface area contributed by atoms with Crippen molar-refractivity contribution in [2.75, 3.05) is 18.9 Å². The summed E-state index contributed by atoms with van der Waals surface area (Å²) in [6.45, 7) is 0.573. The number of benzene rings is 1. The number of hydrogen-bond donors (Lipinski definition) is 3. The van der Waals surface area contributed by atoms with Gasteiger partial charge in [-0.25, -0.2) is 4.68 Å². The zero-order valence-corrected chi connectivity index (χ0v) is 20.2. The molecule has 1 heterocycles. The molecule has 194 valence electrons. The summed E-state index contributed by atoms with van der Waals surface area (Å²) in [5.74, 6) is -1.04. The summed E-state index contributed by atoms with van der Waals surface area (Å²) in [7, 11) is -4.61. The number of nitrogens with two attached hydrogens (primary N) is 1. The molecule has 3 rings (SSSR count). The number of nitrogens with one attached hydrogen (secondary N) is 1. The summed E-state index contributed by atoms with van der Waals surface area (Å²) in [5.41, 5.74) is 3.29. The normalized spacial score (nSPS) is 17.8. The molecule has 2 aromatic rings. The summed E-state index contributed by atoms with van der Waals surface area (Å²) < 4.78 is 71.2. The predicted molar refractivity (Wildman–Crippen MR) is 126 cm³/mol. The first-order valence-corrected chi connectivity index (χ1v) is 12.1. The number of nitrogens with zero attached hydrogens (tertiary/aromatic N) is 2. The van der Waals surface area contributed by atoms with Gasteiger partial charge < -0.3 is 16.2 Å². The highest BCUT2D eigenvalue weighted by atomic mass is 32.2. The highest BCUT2D eigenvalue weighted by molar-refractivity contribution is 7.86. The lowest BCUT2D eigenvalue weighted by atomic mass is 10.1. The van der Waals surface area contributed by atoms with E-state index in [1.807, 2.05) is 24.4 Å². The number of carbonyl (C=O) groups excluding carboxylic acids is 1. The highest BCUT2D eigenvalue weighted by Gasteiger charge is 2.55. The van der Waals surface area contributed by atoms with E-state index < -0.39 is 41.0 Å². The summed E-state index contributed by atoms with van der Waals surface area (Å²) in [5, 5.41) is 16.2. The van der Waals surface area contributed by atoms with Crippen LogP contribution in [0.25, 0.3) is 5.70 Å². The highest BCUT2D eigenvalue weighted by Crippen LogP contribution is 2.31. The lowest BCUT2D eigenvalue weighted by molar-refractivity contribution is -0.264. The van der Waals surface area contributed by atoms with Crippen LogP contribution in [0.3, 0.4) is 0 Å². The molecule has 1 amide bonds. The third-order valence-electron chi connectivity index (χ3n) is 5.38. The van der Waals surface area contributed by atoms with E-state index in [4.69, 9.17) is 5.73 Å². The van der Waals surface area contributed by atoms with Gasteiger partial charge in [-0.15, -0.1) is 0 Å². The Morgan fingerprint density at radius 2 is 1.92 bits per heavy atom. The topological polar surface area (TPSA) is 137 Å². The Hall–Kier alpha value is -3.42. The smallest absolute Gasteiger partial charge is 0.383 e. The van der Waals surface area contributed by atoms with Crippen LogP contribution in [0.2, 0.25) is 0 Å². The van der Waals surface area contributed by atoms with Gasteiger partial charge in [0.1, 0.15) is 18.0 Å². The van der Waals surface area contributed by atoms with Crippen molar-refractivity contribution in [2.45, 2.75) is 30.5 Å². The van der Waals surface area contributed by atoms with Gasteiger partial charge in [0.2, 0.25) is 5.60 Å². The zero-order valence-electron chi connectivity index (χ0n) is 19.4. The minimum Gasteiger partial charge on any atom is -0.383 e. The summed E-state index contributed by atoms with van der Waals surface area (Å²) in [6, 6.07) is 5.20. The third kappa shape index (κ3) is 6.04. The molecule has 0 radical (unpaired) electrons. The Bertz CT molecular complexity index is 1310. The summed E-state index contributed by atoms with van der Waals surface area (Å²) in [4.78, 5) is 12.2. The number of halogens is 3. The molecule has 13 heteroatoms. The molecule has 4 N–H and O–H groups in total. The van der Waals surface area contributed by atoms with Gasteiger partial charge in [0, 0.05) is 0 Å². The van der Waals surface area contributed by atoms with Crippen LogP contribution in [-0.2, 0) is 14.3 Å². The van der Waals surface area contributed by atoms with E-state index in [2.05, 4.69) is 9.28 Å². The van der Waals surface area contributed by atoms with Gasteiger partial charge in [0.15, 0.2) is 0 Å². The maximum Gasteiger partial charge on any atom is 0.421 e. The summed E-state index contributed by atoms with van der Waals surface area (Å²) >= 11 is 0. The number of amides is 1. The van der Waals surface area contributed by atoms with Gasteiger partial charge in [-0.1, -0.05) is 42.8 Å². The Kier molecular flexibility index (Phi) is 7.76. The van der Waals surface area contributed by atoms with Gasteiger partial charge in [-0.3, -0.25) is 8.98 Å².